The van der Waals surface area contributed by atoms with E-state index in [-0.39, 0.29) is 34.1 Å². The van der Waals surface area contributed by atoms with Crippen LogP contribution in [-0.4, -0.2) is 64.1 Å². The number of benzene rings is 2. The van der Waals surface area contributed by atoms with Gasteiger partial charge in [0.2, 0.25) is 9.84 Å². The van der Waals surface area contributed by atoms with Crippen molar-refractivity contribution in [1.29, 1.82) is 0 Å². The summed E-state index contributed by atoms with van der Waals surface area (Å²) in [7, 11) is -6.56. The van der Waals surface area contributed by atoms with Gasteiger partial charge in [0.05, 0.1) is 27.7 Å². The molecule has 3 aromatic heterocycles. The van der Waals surface area contributed by atoms with Gasteiger partial charge in [-0.15, -0.1) is 0 Å². The maximum atomic E-state index is 15.9. The molecule has 1 aliphatic heterocycles. The molecule has 0 saturated carbocycles. The Bertz CT molecular complexity index is 2370. The number of fused-ring (bicyclic) bond motifs is 8. The quantitative estimate of drug-likeness (QED) is 0.223. The number of hydrogen-bond acceptors (Lipinski definition) is 8. The van der Waals surface area contributed by atoms with E-state index in [0.29, 0.717) is 48.2 Å². The number of halogens is 1. The monoisotopic (exact) mass is 735 g/mol. The molecule has 0 aliphatic carbocycles. The van der Waals surface area contributed by atoms with Crippen LogP contribution in [0.5, 0.6) is 0 Å². The molecule has 270 valence electrons. The summed E-state index contributed by atoms with van der Waals surface area (Å²) in [6.45, 7) is 7.45. The van der Waals surface area contributed by atoms with Gasteiger partial charge in [-0.3, -0.25) is 9.78 Å². The Morgan fingerprint density at radius 3 is 2.59 bits per heavy atom. The first-order chi connectivity index (χ1) is 23.9. The van der Waals surface area contributed by atoms with Crippen LogP contribution in [0.1, 0.15) is 69.5 Å². The number of rotatable bonds is 4. The maximum absolute atomic E-state index is 15.9. The van der Waals surface area contributed by atoms with Gasteiger partial charge in [-0.05, 0) is 79.0 Å². The molecule has 2 atom stereocenters. The Hall–Kier alpha value is -4.43. The third-order valence-corrected chi connectivity index (χ3v) is 13.9. The number of nitrogens with zero attached hydrogens (tertiary/aromatic N) is 4. The smallest absolute Gasteiger partial charge is 0.306 e. The fourth-order valence-corrected chi connectivity index (χ4v) is 10.8. The van der Waals surface area contributed by atoms with Gasteiger partial charge in [-0.1, -0.05) is 51.5 Å². The van der Waals surface area contributed by atoms with Gasteiger partial charge in [0.25, 0.3) is 0 Å². The first-order valence-electron chi connectivity index (χ1n) is 16.8. The predicted octanol–water partition coefficient (Wildman–Crippen LogP) is 6.07. The SMILES string of the molecule is C[C@@H](Cc1cccc([C@@]2(C)CCCC(C)(C)CS(=O)(=O)CCc3c(c(F)cc4[nH]ccc34)S(=O)(=O)c3ccnc(c3)-c3nc2nn3C)c1)C(=O)O. The van der Waals surface area contributed by atoms with Crippen LogP contribution in [0.15, 0.2) is 70.7 Å². The molecule has 2 aromatic carbocycles. The number of nitrogens with one attached hydrogen (secondary N) is 1. The van der Waals surface area contributed by atoms with E-state index in [1.165, 1.54) is 23.0 Å². The predicted molar refractivity (Wildman–Crippen MR) is 191 cm³/mol. The fraction of sp³-hybridized carbons (Fsp3) is 0.405. The summed E-state index contributed by atoms with van der Waals surface area (Å²) in [5.41, 5.74) is 0.938. The minimum Gasteiger partial charge on any atom is -0.481 e. The summed E-state index contributed by atoms with van der Waals surface area (Å²) < 4.78 is 73.4. The number of aromatic amines is 1. The largest absolute Gasteiger partial charge is 0.481 e. The van der Waals surface area contributed by atoms with Gasteiger partial charge in [0.15, 0.2) is 21.5 Å². The molecule has 0 spiro atoms. The van der Waals surface area contributed by atoms with Crippen LogP contribution in [0.25, 0.3) is 22.4 Å². The lowest BCUT2D eigenvalue weighted by molar-refractivity contribution is -0.141. The van der Waals surface area contributed by atoms with Crippen molar-refractivity contribution in [3.8, 4) is 11.5 Å². The molecular weight excluding hydrogens is 694 g/mol. The van der Waals surface area contributed by atoms with Crippen molar-refractivity contribution in [2.24, 2.45) is 18.4 Å². The van der Waals surface area contributed by atoms with Crippen LogP contribution < -0.4 is 0 Å². The zero-order valence-electron chi connectivity index (χ0n) is 29.3. The second kappa shape index (κ2) is 13.3. The highest BCUT2D eigenvalue weighted by molar-refractivity contribution is 7.92. The Morgan fingerprint density at radius 2 is 1.84 bits per heavy atom. The molecule has 2 N–H and O–H groups in total. The van der Waals surface area contributed by atoms with Crippen molar-refractivity contribution in [2.45, 2.75) is 75.0 Å². The van der Waals surface area contributed by atoms with E-state index in [1.807, 2.05) is 45.0 Å². The average molecular weight is 736 g/mol. The molecule has 14 heteroatoms. The van der Waals surface area contributed by atoms with E-state index in [4.69, 9.17) is 10.1 Å². The summed E-state index contributed by atoms with van der Waals surface area (Å²) >= 11 is 0. The van der Waals surface area contributed by atoms with Gasteiger partial charge >= 0.3 is 5.97 Å². The number of carbonyl (C=O) groups is 1. The highest BCUT2D eigenvalue weighted by Gasteiger charge is 2.37. The standard InChI is InChI=1S/C37H42FN5O6S2/c1-23(34(44)45)18-24-8-6-9-25(19-24)37(4)14-7-13-36(2,3)22-50(46,47)17-12-28-27-11-16-39-30(27)21-29(38)32(28)51(48,49)26-10-15-40-31(20-26)33-41-35(37)42-43(33)5/h6,8-11,15-16,19-21,23,39H,7,12-14,17-18,22H2,1-5H3,(H,44,45)/t23-,37+/m0/s1. The van der Waals surface area contributed by atoms with Crippen LogP contribution in [0.4, 0.5) is 4.39 Å². The minimum absolute atomic E-state index is 0.101. The maximum Gasteiger partial charge on any atom is 0.306 e. The van der Waals surface area contributed by atoms with Crippen LogP contribution in [-0.2, 0) is 49.8 Å². The Kier molecular flexibility index (Phi) is 9.47. The lowest BCUT2D eigenvalue weighted by Gasteiger charge is -2.31. The Labute approximate surface area is 297 Å². The molecular formula is C37H42FN5O6S2. The zero-order chi connectivity index (χ0) is 36.9. The lowest BCUT2D eigenvalue weighted by atomic mass is 9.75. The van der Waals surface area contributed by atoms with Crippen molar-refractivity contribution in [1.82, 2.24) is 24.7 Å². The van der Waals surface area contributed by atoms with E-state index >= 15 is 4.39 Å². The molecule has 0 unspecified atom stereocenters. The highest BCUT2D eigenvalue weighted by Crippen LogP contribution is 2.40. The molecule has 6 rings (SSSR count). The van der Waals surface area contributed by atoms with Gasteiger partial charge < -0.3 is 10.1 Å². The number of H-pyrrole nitrogens is 1. The minimum atomic E-state index is -4.52. The molecule has 11 nitrogen and oxygen atoms in total. The fourth-order valence-electron chi connectivity index (χ4n) is 7.21. The molecule has 0 saturated heterocycles. The molecule has 0 radical (unpaired) electrons. The first kappa shape index (κ1) is 36.4. The molecule has 4 bridgehead atoms. The van der Waals surface area contributed by atoms with Crippen LogP contribution in [0, 0.1) is 17.2 Å². The van der Waals surface area contributed by atoms with Crippen molar-refractivity contribution in [3.63, 3.8) is 0 Å². The second-order valence-electron chi connectivity index (χ2n) is 14.7. The topological polar surface area (TPSA) is 165 Å². The molecule has 4 heterocycles. The van der Waals surface area contributed by atoms with E-state index in [2.05, 4.69) is 9.97 Å². The summed E-state index contributed by atoms with van der Waals surface area (Å²) in [4.78, 5) is 23.1. The number of carboxylic acids is 1. The van der Waals surface area contributed by atoms with E-state index in [1.54, 1.807) is 26.2 Å². The molecule has 1 aliphatic rings. The van der Waals surface area contributed by atoms with Gasteiger partial charge in [0, 0.05) is 30.3 Å². The summed E-state index contributed by atoms with van der Waals surface area (Å²) in [5, 5.41) is 14.8. The van der Waals surface area contributed by atoms with Crippen molar-refractivity contribution >= 4 is 36.5 Å². The van der Waals surface area contributed by atoms with Crippen molar-refractivity contribution < 1.29 is 31.1 Å². The van der Waals surface area contributed by atoms with Crippen molar-refractivity contribution in [2.75, 3.05) is 11.5 Å². The lowest BCUT2D eigenvalue weighted by Crippen LogP contribution is -2.29. The number of aliphatic carboxylic acids is 1. The molecule has 0 fully saturated rings. The van der Waals surface area contributed by atoms with Crippen LogP contribution >= 0.6 is 0 Å². The molecule has 51 heavy (non-hydrogen) atoms. The normalized spacial score (nSPS) is 20.9. The van der Waals surface area contributed by atoms with Gasteiger partial charge in [-0.25, -0.2) is 30.9 Å². The number of hydrogen-bond donors (Lipinski definition) is 2. The van der Waals surface area contributed by atoms with Gasteiger partial charge in [0.1, 0.15) is 16.4 Å². The van der Waals surface area contributed by atoms with E-state index < -0.39 is 53.1 Å². The summed E-state index contributed by atoms with van der Waals surface area (Å²) in [6.07, 6.45) is 4.72. The number of aryl methyl sites for hydroxylation is 2. The Morgan fingerprint density at radius 1 is 1.08 bits per heavy atom. The van der Waals surface area contributed by atoms with Gasteiger partial charge in [-0.2, -0.15) is 5.10 Å². The average Bonchev–Trinajstić information content (AvgIpc) is 3.69. The third kappa shape index (κ3) is 7.21. The second-order valence-corrected chi connectivity index (χ2v) is 18.8. The van der Waals surface area contributed by atoms with Crippen LogP contribution in [0.3, 0.4) is 0 Å². The van der Waals surface area contributed by atoms with Crippen molar-refractivity contribution in [3.05, 3.63) is 89.3 Å². The number of carboxylic acid groups (broad SMARTS) is 1. The Balaban J connectivity index is 1.53. The van der Waals surface area contributed by atoms with Crippen LogP contribution in [0.2, 0.25) is 0 Å². The zero-order valence-corrected chi connectivity index (χ0v) is 30.9. The highest BCUT2D eigenvalue weighted by atomic mass is 32.2. The molecule has 5 aromatic rings. The number of aromatic nitrogens is 5. The third-order valence-electron chi connectivity index (χ3n) is 9.99. The first-order valence-corrected chi connectivity index (χ1v) is 20.1. The molecule has 0 amide bonds. The summed E-state index contributed by atoms with van der Waals surface area (Å²) in [5.74, 6) is -2.23. The van der Waals surface area contributed by atoms with E-state index in [0.717, 1.165) is 17.2 Å². The number of sulfone groups is 2. The number of pyridine rings is 1. The van der Waals surface area contributed by atoms with E-state index in [9.17, 15) is 26.7 Å². The summed E-state index contributed by atoms with van der Waals surface area (Å²) in [6, 6.07) is 13.0.